The summed E-state index contributed by atoms with van der Waals surface area (Å²) in [6.45, 7) is 0.128. The van der Waals surface area contributed by atoms with Gasteiger partial charge >= 0.3 is 14.1 Å². The summed E-state index contributed by atoms with van der Waals surface area (Å²) in [6.07, 6.45) is -0.0949. The van der Waals surface area contributed by atoms with E-state index in [-0.39, 0.29) is 12.8 Å². The molecule has 1 fully saturated rings. The molecule has 1 aliphatic rings. The van der Waals surface area contributed by atoms with Crippen LogP contribution < -0.4 is 0 Å². The molecular formula is C20H21NO5P+. The van der Waals surface area contributed by atoms with Crippen LogP contribution in [-0.4, -0.2) is 40.6 Å². The largest absolute Gasteiger partial charge is 0.506 e. The van der Waals surface area contributed by atoms with Gasteiger partial charge in [-0.2, -0.15) is 4.89 Å². The van der Waals surface area contributed by atoms with E-state index < -0.39 is 32.0 Å². The van der Waals surface area contributed by atoms with E-state index in [0.717, 1.165) is 16.0 Å². The molecule has 3 rings (SSSR count). The Morgan fingerprint density at radius 2 is 1.70 bits per heavy atom. The smallest absolute Gasteiger partial charge is 0.447 e. The molecule has 3 atom stereocenters. The molecular weight excluding hydrogens is 365 g/mol. The highest BCUT2D eigenvalue weighted by Gasteiger charge is 2.42. The van der Waals surface area contributed by atoms with Gasteiger partial charge in [0.25, 0.3) is 0 Å². The molecule has 1 heterocycles. The standard InChI is InChI=1S/C20H20NO5P/c22-19(17(14-27(24)25)11-15-7-3-1-4-8-15)21-18(13-26-20(21)23)12-16-9-5-2-6-10-16/h1-10,17-18H,11-14H2/p+1/t17-,18-/m0/s1. The van der Waals surface area contributed by atoms with Crippen molar-refractivity contribution >= 4 is 20.0 Å². The number of hydrogen-bond donors (Lipinski definition) is 1. The fourth-order valence-corrected chi connectivity index (χ4v) is 3.94. The third-order valence-electron chi connectivity index (χ3n) is 4.56. The molecule has 1 unspecified atom stereocenters. The maximum absolute atomic E-state index is 13.1. The predicted molar refractivity (Wildman–Crippen MR) is 100 cm³/mol. The van der Waals surface area contributed by atoms with Crippen LogP contribution in [0.15, 0.2) is 60.7 Å². The van der Waals surface area contributed by atoms with E-state index in [4.69, 9.17) is 4.74 Å². The second-order valence-electron chi connectivity index (χ2n) is 6.55. The molecule has 0 saturated carbocycles. The first-order valence-electron chi connectivity index (χ1n) is 8.76. The molecule has 2 amide bonds. The van der Waals surface area contributed by atoms with Crippen LogP contribution in [0.1, 0.15) is 11.1 Å². The Morgan fingerprint density at radius 1 is 1.11 bits per heavy atom. The number of imide groups is 1. The summed E-state index contributed by atoms with van der Waals surface area (Å²) in [5.41, 5.74) is 1.87. The topological polar surface area (TPSA) is 83.9 Å². The fourth-order valence-electron chi connectivity index (χ4n) is 3.28. The van der Waals surface area contributed by atoms with Gasteiger partial charge in [0, 0.05) is 0 Å². The Hall–Kier alpha value is -2.56. The van der Waals surface area contributed by atoms with Crippen LogP contribution in [0.3, 0.4) is 0 Å². The van der Waals surface area contributed by atoms with Gasteiger partial charge in [-0.05, 0) is 28.5 Å². The Labute approximate surface area is 158 Å². The lowest BCUT2D eigenvalue weighted by molar-refractivity contribution is -0.132. The monoisotopic (exact) mass is 386 g/mol. The number of amides is 2. The Bertz CT molecular complexity index is 812. The minimum atomic E-state index is -2.51. The molecule has 140 valence electrons. The molecule has 0 spiro atoms. The van der Waals surface area contributed by atoms with Crippen molar-refractivity contribution in [3.63, 3.8) is 0 Å². The first-order valence-corrected chi connectivity index (χ1v) is 10.2. The lowest BCUT2D eigenvalue weighted by Crippen LogP contribution is -2.44. The number of cyclic esters (lactones) is 1. The third kappa shape index (κ3) is 5.00. The molecule has 1 aliphatic heterocycles. The molecule has 7 heteroatoms. The summed E-state index contributed by atoms with van der Waals surface area (Å²) in [6, 6.07) is 18.4. The summed E-state index contributed by atoms with van der Waals surface area (Å²) < 4.78 is 16.5. The summed E-state index contributed by atoms with van der Waals surface area (Å²) in [4.78, 5) is 35.8. The number of carbonyl (C=O) groups is 2. The van der Waals surface area contributed by atoms with Gasteiger partial charge in [0.1, 0.15) is 6.61 Å². The molecule has 2 aromatic carbocycles. The highest BCUT2D eigenvalue weighted by molar-refractivity contribution is 7.38. The van der Waals surface area contributed by atoms with Gasteiger partial charge in [0.2, 0.25) is 5.91 Å². The molecule has 0 aromatic heterocycles. The first kappa shape index (κ1) is 19.2. The lowest BCUT2D eigenvalue weighted by Gasteiger charge is -2.23. The van der Waals surface area contributed by atoms with E-state index in [1.807, 2.05) is 60.7 Å². The minimum Gasteiger partial charge on any atom is -0.447 e. The zero-order valence-electron chi connectivity index (χ0n) is 14.7. The van der Waals surface area contributed by atoms with E-state index in [1.54, 1.807) is 0 Å². The summed E-state index contributed by atoms with van der Waals surface area (Å²) in [7, 11) is -2.51. The van der Waals surface area contributed by atoms with Crippen LogP contribution in [0.5, 0.6) is 0 Å². The van der Waals surface area contributed by atoms with Crippen LogP contribution in [0.2, 0.25) is 0 Å². The summed E-state index contributed by atoms with van der Waals surface area (Å²) in [5, 5.41) is 0. The van der Waals surface area contributed by atoms with Crippen LogP contribution in [0.4, 0.5) is 4.79 Å². The maximum atomic E-state index is 13.1. The number of carbonyl (C=O) groups excluding carboxylic acids is 2. The van der Waals surface area contributed by atoms with Crippen LogP contribution in [-0.2, 0) is 26.9 Å². The van der Waals surface area contributed by atoms with Crippen LogP contribution in [0, 0.1) is 5.92 Å². The minimum absolute atomic E-state index is 0.128. The van der Waals surface area contributed by atoms with Gasteiger partial charge in [0.05, 0.1) is 12.0 Å². The van der Waals surface area contributed by atoms with Crippen LogP contribution in [0.25, 0.3) is 0 Å². The Kier molecular flexibility index (Phi) is 6.32. The van der Waals surface area contributed by atoms with Gasteiger partial charge in [-0.15, -0.1) is 0 Å². The molecule has 0 radical (unpaired) electrons. The zero-order chi connectivity index (χ0) is 19.2. The van der Waals surface area contributed by atoms with Crippen molar-refractivity contribution in [1.82, 2.24) is 4.90 Å². The molecule has 1 saturated heterocycles. The van der Waals surface area contributed by atoms with Crippen molar-refractivity contribution in [2.75, 3.05) is 12.8 Å². The van der Waals surface area contributed by atoms with Gasteiger partial charge < -0.3 is 4.74 Å². The lowest BCUT2D eigenvalue weighted by atomic mass is 9.98. The molecule has 0 aliphatic carbocycles. The third-order valence-corrected chi connectivity index (χ3v) is 5.32. The zero-order valence-corrected chi connectivity index (χ0v) is 15.6. The number of rotatable bonds is 7. The van der Waals surface area contributed by atoms with Crippen molar-refractivity contribution in [2.45, 2.75) is 18.9 Å². The van der Waals surface area contributed by atoms with Gasteiger partial charge in [0.15, 0.2) is 6.16 Å². The van der Waals surface area contributed by atoms with Gasteiger partial charge in [-0.3, -0.25) is 4.79 Å². The van der Waals surface area contributed by atoms with Crippen molar-refractivity contribution < 1.29 is 23.8 Å². The summed E-state index contributed by atoms with van der Waals surface area (Å²) in [5.74, 6) is -1.22. The van der Waals surface area contributed by atoms with Gasteiger partial charge in [-0.1, -0.05) is 60.7 Å². The van der Waals surface area contributed by atoms with Gasteiger partial charge in [-0.25, -0.2) is 9.69 Å². The second-order valence-corrected chi connectivity index (χ2v) is 7.62. The Balaban J connectivity index is 1.79. The van der Waals surface area contributed by atoms with E-state index in [2.05, 4.69) is 0 Å². The van der Waals surface area contributed by atoms with Crippen LogP contribution >= 0.6 is 8.03 Å². The number of benzene rings is 2. The number of ether oxygens (including phenoxy) is 1. The second kappa shape index (κ2) is 8.89. The highest BCUT2D eigenvalue weighted by Crippen LogP contribution is 2.27. The molecule has 27 heavy (non-hydrogen) atoms. The summed E-state index contributed by atoms with van der Waals surface area (Å²) >= 11 is 0. The maximum Gasteiger partial charge on any atom is 0.506 e. The van der Waals surface area contributed by atoms with E-state index in [9.17, 15) is 19.0 Å². The van der Waals surface area contributed by atoms with Crippen molar-refractivity contribution in [3.8, 4) is 0 Å². The Morgan fingerprint density at radius 3 is 2.30 bits per heavy atom. The van der Waals surface area contributed by atoms with E-state index in [0.29, 0.717) is 12.8 Å². The van der Waals surface area contributed by atoms with E-state index >= 15 is 0 Å². The first-order chi connectivity index (χ1) is 13.0. The average Bonchev–Trinajstić information content (AvgIpc) is 3.02. The normalized spacial score (nSPS) is 18.1. The quantitative estimate of drug-likeness (QED) is 0.739. The SMILES string of the molecule is O=C1OC[C@H](Cc2ccccc2)N1C(=O)[C@@H](Cc1ccccc1)C[P+](=O)O. The van der Waals surface area contributed by atoms with Crippen molar-refractivity contribution in [2.24, 2.45) is 5.92 Å². The number of nitrogens with zero attached hydrogens (tertiary/aromatic N) is 1. The number of hydrogen-bond acceptors (Lipinski definition) is 4. The molecule has 1 N–H and O–H groups in total. The van der Waals surface area contributed by atoms with Crippen molar-refractivity contribution in [1.29, 1.82) is 0 Å². The molecule has 6 nitrogen and oxygen atoms in total. The fraction of sp³-hybridized carbons (Fsp3) is 0.300. The highest BCUT2D eigenvalue weighted by atomic mass is 31.1. The molecule has 2 aromatic rings. The average molecular weight is 386 g/mol. The van der Waals surface area contributed by atoms with E-state index in [1.165, 1.54) is 0 Å². The molecule has 0 bridgehead atoms. The van der Waals surface area contributed by atoms with Crippen molar-refractivity contribution in [3.05, 3.63) is 71.8 Å². The predicted octanol–water partition coefficient (Wildman–Crippen LogP) is 3.17.